The van der Waals surface area contributed by atoms with Gasteiger partial charge >= 0.3 is 0 Å². The number of carbonyl (C=O) groups is 1. The maximum absolute atomic E-state index is 13.2. The zero-order chi connectivity index (χ0) is 20.8. The molecule has 0 radical (unpaired) electrons. The van der Waals surface area contributed by atoms with Crippen molar-refractivity contribution in [1.29, 1.82) is 0 Å². The Bertz CT molecular complexity index is 1060. The van der Waals surface area contributed by atoms with E-state index < -0.39 is 4.92 Å². The molecule has 0 spiro atoms. The number of non-ortho nitro benzene ring substituents is 1. The molecule has 1 N–H and O–H groups in total. The quantitative estimate of drug-likeness (QED) is 0.248. The lowest BCUT2D eigenvalue weighted by Crippen LogP contribution is -2.15. The van der Waals surface area contributed by atoms with E-state index in [1.807, 2.05) is 54.6 Å². The number of hydrogen-bond acceptors (Lipinski definition) is 3. The normalized spacial score (nSPS) is 11.3. The summed E-state index contributed by atoms with van der Waals surface area (Å²) >= 11 is 0. The summed E-state index contributed by atoms with van der Waals surface area (Å²) in [6, 6.07) is 23.2. The highest BCUT2D eigenvalue weighted by Gasteiger charge is 2.16. The summed E-state index contributed by atoms with van der Waals surface area (Å²) in [5.41, 5.74) is 3.54. The van der Waals surface area contributed by atoms with Gasteiger partial charge in [0.05, 0.1) is 4.92 Å². The maximum Gasteiger partial charge on any atom is 0.270 e. The molecular formula is C24H22N2O3. The van der Waals surface area contributed by atoms with E-state index in [1.165, 1.54) is 12.1 Å². The highest BCUT2D eigenvalue weighted by Crippen LogP contribution is 2.27. The molecule has 0 aliphatic carbocycles. The van der Waals surface area contributed by atoms with Crippen LogP contribution in [-0.2, 0) is 4.79 Å². The summed E-state index contributed by atoms with van der Waals surface area (Å²) in [6.07, 6.45) is 1.68. The first-order valence-electron chi connectivity index (χ1n) is 9.37. The smallest absolute Gasteiger partial charge is 0.270 e. The van der Waals surface area contributed by atoms with Crippen molar-refractivity contribution < 1.29 is 9.72 Å². The lowest BCUT2D eigenvalue weighted by molar-refractivity contribution is -0.384. The van der Waals surface area contributed by atoms with Crippen LogP contribution in [0, 0.1) is 10.1 Å². The molecule has 146 valence electrons. The van der Waals surface area contributed by atoms with E-state index in [0.717, 1.165) is 16.8 Å². The molecule has 0 aromatic heterocycles. The minimum atomic E-state index is -0.446. The second kappa shape index (κ2) is 8.97. The number of anilines is 1. The number of rotatable bonds is 6. The van der Waals surface area contributed by atoms with Crippen molar-refractivity contribution in [1.82, 2.24) is 0 Å². The topological polar surface area (TPSA) is 72.2 Å². The first-order chi connectivity index (χ1) is 14.0. The SMILES string of the molecule is CC(C)c1ccccc1NC(=O)/C(=C/c1cccc([N+](=O)[O-])c1)c1ccccc1. The molecule has 0 saturated carbocycles. The highest BCUT2D eigenvalue weighted by atomic mass is 16.6. The van der Waals surface area contributed by atoms with Crippen LogP contribution >= 0.6 is 0 Å². The van der Waals surface area contributed by atoms with Crippen molar-refractivity contribution in [3.05, 3.63) is 106 Å². The fourth-order valence-corrected chi connectivity index (χ4v) is 3.10. The van der Waals surface area contributed by atoms with Gasteiger partial charge in [-0.1, -0.05) is 74.5 Å². The Morgan fingerprint density at radius 2 is 1.66 bits per heavy atom. The molecule has 3 aromatic carbocycles. The molecule has 0 aliphatic heterocycles. The van der Waals surface area contributed by atoms with Gasteiger partial charge in [0.25, 0.3) is 11.6 Å². The van der Waals surface area contributed by atoms with E-state index in [2.05, 4.69) is 19.2 Å². The molecular weight excluding hydrogens is 364 g/mol. The number of benzene rings is 3. The number of para-hydroxylation sites is 1. The standard InChI is InChI=1S/C24H22N2O3/c1-17(2)21-13-6-7-14-23(21)25-24(27)22(19-10-4-3-5-11-19)16-18-9-8-12-20(15-18)26(28)29/h3-17H,1-2H3,(H,25,27)/b22-16+. The summed E-state index contributed by atoms with van der Waals surface area (Å²) in [6.45, 7) is 4.14. The van der Waals surface area contributed by atoms with E-state index in [-0.39, 0.29) is 17.5 Å². The molecule has 3 rings (SSSR count). The van der Waals surface area contributed by atoms with Gasteiger partial charge in [-0.15, -0.1) is 0 Å². The molecule has 0 fully saturated rings. The Morgan fingerprint density at radius 3 is 2.34 bits per heavy atom. The van der Waals surface area contributed by atoms with Crippen molar-refractivity contribution in [2.45, 2.75) is 19.8 Å². The van der Waals surface area contributed by atoms with Gasteiger partial charge in [-0.2, -0.15) is 0 Å². The fraction of sp³-hybridized carbons (Fsp3) is 0.125. The molecule has 1 amide bonds. The Balaban J connectivity index is 2.02. The first kappa shape index (κ1) is 20.0. The Kier molecular flexibility index (Phi) is 6.19. The molecule has 3 aromatic rings. The van der Waals surface area contributed by atoms with Crippen LogP contribution in [0.2, 0.25) is 0 Å². The number of nitro benzene ring substituents is 1. The first-order valence-corrected chi connectivity index (χ1v) is 9.37. The predicted molar refractivity (Wildman–Crippen MR) is 117 cm³/mol. The summed E-state index contributed by atoms with van der Waals surface area (Å²) in [5, 5.41) is 14.1. The van der Waals surface area contributed by atoms with Crippen LogP contribution in [0.4, 0.5) is 11.4 Å². The number of nitro groups is 1. The van der Waals surface area contributed by atoms with Crippen LogP contribution in [0.15, 0.2) is 78.9 Å². The number of nitrogens with one attached hydrogen (secondary N) is 1. The van der Waals surface area contributed by atoms with Crippen molar-refractivity contribution in [2.24, 2.45) is 0 Å². The number of nitrogens with zero attached hydrogens (tertiary/aromatic N) is 1. The minimum absolute atomic E-state index is 0.0169. The Hall–Kier alpha value is -3.73. The van der Waals surface area contributed by atoms with Crippen LogP contribution in [0.3, 0.4) is 0 Å². The summed E-state index contributed by atoms with van der Waals surface area (Å²) in [5.74, 6) is -0.0109. The van der Waals surface area contributed by atoms with E-state index >= 15 is 0 Å². The Labute approximate surface area is 169 Å². The summed E-state index contributed by atoms with van der Waals surface area (Å²) < 4.78 is 0. The molecule has 0 aliphatic rings. The predicted octanol–water partition coefficient (Wildman–Crippen LogP) is 5.90. The average molecular weight is 386 g/mol. The summed E-state index contributed by atoms with van der Waals surface area (Å²) in [4.78, 5) is 23.8. The second-order valence-corrected chi connectivity index (χ2v) is 6.97. The van der Waals surface area contributed by atoms with Crippen molar-refractivity contribution >= 4 is 28.9 Å². The Morgan fingerprint density at radius 1 is 0.966 bits per heavy atom. The summed E-state index contributed by atoms with van der Waals surface area (Å²) in [7, 11) is 0. The lowest BCUT2D eigenvalue weighted by Gasteiger charge is -2.15. The van der Waals surface area contributed by atoms with Gasteiger partial charge in [0.15, 0.2) is 0 Å². The monoisotopic (exact) mass is 386 g/mol. The third-order valence-electron chi connectivity index (χ3n) is 4.55. The number of amides is 1. The largest absolute Gasteiger partial charge is 0.322 e. The average Bonchev–Trinajstić information content (AvgIpc) is 2.73. The van der Waals surface area contributed by atoms with Gasteiger partial charge in [-0.25, -0.2) is 0 Å². The number of carbonyl (C=O) groups excluding carboxylic acids is 1. The van der Waals surface area contributed by atoms with E-state index in [9.17, 15) is 14.9 Å². The lowest BCUT2D eigenvalue weighted by atomic mass is 9.99. The molecule has 0 bridgehead atoms. The van der Waals surface area contributed by atoms with Gasteiger partial charge in [0, 0.05) is 23.4 Å². The second-order valence-electron chi connectivity index (χ2n) is 6.97. The van der Waals surface area contributed by atoms with Gasteiger partial charge < -0.3 is 5.32 Å². The fourth-order valence-electron chi connectivity index (χ4n) is 3.10. The maximum atomic E-state index is 13.2. The zero-order valence-corrected chi connectivity index (χ0v) is 16.3. The van der Waals surface area contributed by atoms with Gasteiger partial charge in [-0.3, -0.25) is 14.9 Å². The highest BCUT2D eigenvalue weighted by molar-refractivity contribution is 6.29. The van der Waals surface area contributed by atoms with Crippen molar-refractivity contribution in [3.63, 3.8) is 0 Å². The van der Waals surface area contributed by atoms with Crippen molar-refractivity contribution in [3.8, 4) is 0 Å². The van der Waals surface area contributed by atoms with Crippen LogP contribution in [0.25, 0.3) is 11.6 Å². The van der Waals surface area contributed by atoms with E-state index in [0.29, 0.717) is 11.1 Å². The van der Waals surface area contributed by atoms with Crippen molar-refractivity contribution in [2.75, 3.05) is 5.32 Å². The minimum Gasteiger partial charge on any atom is -0.322 e. The molecule has 0 atom stereocenters. The van der Waals surface area contributed by atoms with Crippen LogP contribution in [0.1, 0.15) is 36.5 Å². The molecule has 0 heterocycles. The van der Waals surface area contributed by atoms with Gasteiger partial charge in [0.2, 0.25) is 0 Å². The van der Waals surface area contributed by atoms with E-state index in [1.54, 1.807) is 18.2 Å². The molecule has 29 heavy (non-hydrogen) atoms. The van der Waals surface area contributed by atoms with Crippen LogP contribution in [0.5, 0.6) is 0 Å². The molecule has 0 unspecified atom stereocenters. The molecule has 5 heteroatoms. The van der Waals surface area contributed by atoms with Gasteiger partial charge in [0.1, 0.15) is 0 Å². The number of hydrogen-bond donors (Lipinski definition) is 1. The van der Waals surface area contributed by atoms with Gasteiger partial charge in [-0.05, 0) is 34.8 Å². The molecule has 0 saturated heterocycles. The third kappa shape index (κ3) is 4.96. The zero-order valence-electron chi connectivity index (χ0n) is 16.3. The van der Waals surface area contributed by atoms with Crippen LogP contribution in [-0.4, -0.2) is 10.8 Å². The van der Waals surface area contributed by atoms with E-state index in [4.69, 9.17) is 0 Å². The third-order valence-corrected chi connectivity index (χ3v) is 4.55. The molecule has 5 nitrogen and oxygen atoms in total. The van der Waals surface area contributed by atoms with Crippen LogP contribution < -0.4 is 5.32 Å².